The average Bonchev–Trinajstić information content (AvgIpc) is 2.42. The first-order valence-electron chi connectivity index (χ1n) is 7.22. The molecule has 0 spiro atoms. The Labute approximate surface area is 114 Å². The summed E-state index contributed by atoms with van der Waals surface area (Å²) in [5, 5.41) is 9.28. The van der Waals surface area contributed by atoms with Crippen molar-refractivity contribution in [1.82, 2.24) is 0 Å². The Hall–Kier alpha value is -0.383. The minimum absolute atomic E-state index is 0.00273. The van der Waals surface area contributed by atoms with Crippen molar-refractivity contribution in [3.05, 3.63) is 24.3 Å². The normalized spacial score (nSPS) is 14.1. The predicted molar refractivity (Wildman–Crippen MR) is 82.3 cm³/mol. The topological polar surface area (TPSA) is 29.5 Å². The molecule has 3 heteroatoms. The minimum Gasteiger partial charge on any atom is -0.407 e. The highest BCUT2D eigenvalue weighted by Crippen LogP contribution is 2.25. The second kappa shape index (κ2) is 9.53. The van der Waals surface area contributed by atoms with Gasteiger partial charge in [-0.3, -0.25) is 0 Å². The van der Waals surface area contributed by atoms with Crippen LogP contribution >= 0.6 is 0 Å². The number of aliphatic hydroxyl groups excluding tert-OH is 1. The molecule has 0 aliphatic rings. The van der Waals surface area contributed by atoms with Crippen LogP contribution in [0.3, 0.4) is 0 Å². The van der Waals surface area contributed by atoms with E-state index in [9.17, 15) is 5.11 Å². The fourth-order valence-electron chi connectivity index (χ4n) is 2.00. The molecular weight excluding hydrogens is 240 g/mol. The average molecular weight is 270 g/mol. The van der Waals surface area contributed by atoms with Crippen LogP contribution in [-0.2, 0) is 4.43 Å². The van der Waals surface area contributed by atoms with Gasteiger partial charge in [0.2, 0.25) is 0 Å². The third kappa shape index (κ3) is 5.51. The Morgan fingerprint density at radius 2 is 1.78 bits per heavy atom. The minimum atomic E-state index is -1.64. The largest absolute Gasteiger partial charge is 0.407 e. The van der Waals surface area contributed by atoms with Crippen LogP contribution in [-0.4, -0.2) is 26.1 Å². The lowest BCUT2D eigenvalue weighted by Gasteiger charge is -2.32. The molecular formula is C15H30O2Si. The fraction of sp³-hybridized carbons (Fsp3) is 0.733. The fourth-order valence-corrected chi connectivity index (χ4v) is 4.79. The summed E-state index contributed by atoms with van der Waals surface area (Å²) < 4.78 is 6.38. The number of hydrogen-bond acceptors (Lipinski definition) is 2. The van der Waals surface area contributed by atoms with E-state index in [1.165, 1.54) is 0 Å². The SMILES string of the molecule is C=C(CO)[C@H](/C=C/CCC)O[Si](CC)(CC)CC. The molecule has 0 aromatic heterocycles. The summed E-state index contributed by atoms with van der Waals surface area (Å²) in [6.45, 7) is 12.7. The third-order valence-electron chi connectivity index (χ3n) is 3.68. The van der Waals surface area contributed by atoms with Gasteiger partial charge >= 0.3 is 0 Å². The highest BCUT2D eigenvalue weighted by molar-refractivity contribution is 6.73. The van der Waals surface area contributed by atoms with E-state index in [0.29, 0.717) is 0 Å². The van der Waals surface area contributed by atoms with E-state index in [0.717, 1.165) is 36.5 Å². The number of rotatable bonds is 10. The highest BCUT2D eigenvalue weighted by atomic mass is 28.4. The molecule has 0 fully saturated rings. The molecule has 2 nitrogen and oxygen atoms in total. The zero-order chi connectivity index (χ0) is 14.0. The van der Waals surface area contributed by atoms with Gasteiger partial charge in [0.05, 0.1) is 12.7 Å². The van der Waals surface area contributed by atoms with Crippen molar-refractivity contribution in [1.29, 1.82) is 0 Å². The van der Waals surface area contributed by atoms with Crippen molar-refractivity contribution in [2.45, 2.75) is 64.8 Å². The molecule has 0 rings (SSSR count). The Kier molecular flexibility index (Phi) is 9.33. The van der Waals surface area contributed by atoms with Gasteiger partial charge in [0.15, 0.2) is 8.32 Å². The Morgan fingerprint density at radius 3 is 2.17 bits per heavy atom. The zero-order valence-corrected chi connectivity index (χ0v) is 13.5. The molecule has 0 saturated heterocycles. The molecule has 0 unspecified atom stereocenters. The maximum absolute atomic E-state index is 9.28. The lowest BCUT2D eigenvalue weighted by molar-refractivity contribution is 0.234. The Balaban J connectivity index is 4.80. The van der Waals surface area contributed by atoms with Crippen LogP contribution in [0.2, 0.25) is 18.1 Å². The number of allylic oxidation sites excluding steroid dienone is 1. The van der Waals surface area contributed by atoms with Crippen molar-refractivity contribution in [2.24, 2.45) is 0 Å². The van der Waals surface area contributed by atoms with Crippen molar-refractivity contribution in [2.75, 3.05) is 6.61 Å². The summed E-state index contributed by atoms with van der Waals surface area (Å²) in [5.41, 5.74) is 0.773. The van der Waals surface area contributed by atoms with E-state index < -0.39 is 8.32 Å². The van der Waals surface area contributed by atoms with E-state index in [4.69, 9.17) is 4.43 Å². The summed E-state index contributed by atoms with van der Waals surface area (Å²) in [7, 11) is -1.64. The van der Waals surface area contributed by atoms with Gasteiger partial charge in [-0.2, -0.15) is 0 Å². The molecule has 0 bridgehead atoms. The smallest absolute Gasteiger partial charge is 0.193 e. The van der Waals surface area contributed by atoms with Gasteiger partial charge in [0.25, 0.3) is 0 Å². The van der Waals surface area contributed by atoms with Gasteiger partial charge in [-0.05, 0) is 30.1 Å². The van der Waals surface area contributed by atoms with Crippen LogP contribution in [0.4, 0.5) is 0 Å². The lowest BCUT2D eigenvalue weighted by atomic mass is 10.1. The summed E-state index contributed by atoms with van der Waals surface area (Å²) in [6, 6.07) is 3.37. The van der Waals surface area contributed by atoms with Gasteiger partial charge < -0.3 is 9.53 Å². The van der Waals surface area contributed by atoms with Gasteiger partial charge in [0, 0.05) is 0 Å². The molecule has 0 saturated carbocycles. The standard InChI is InChI=1S/C15H30O2Si/c1-6-10-11-12-15(14(5)13-16)17-18(7-2,8-3)9-4/h11-12,15-16H,5-10,13H2,1-4H3/b12-11+/t15-/m0/s1. The molecule has 0 aromatic rings. The second-order valence-corrected chi connectivity index (χ2v) is 9.54. The zero-order valence-electron chi connectivity index (χ0n) is 12.5. The monoisotopic (exact) mass is 270 g/mol. The van der Waals surface area contributed by atoms with Crippen LogP contribution in [0.25, 0.3) is 0 Å². The summed E-state index contributed by atoms with van der Waals surface area (Å²) in [4.78, 5) is 0. The second-order valence-electron chi connectivity index (χ2n) is 4.82. The quantitative estimate of drug-likeness (QED) is 0.474. The van der Waals surface area contributed by atoms with E-state index in [-0.39, 0.29) is 12.7 Å². The van der Waals surface area contributed by atoms with Crippen LogP contribution in [0.5, 0.6) is 0 Å². The van der Waals surface area contributed by atoms with Crippen molar-refractivity contribution in [3.63, 3.8) is 0 Å². The van der Waals surface area contributed by atoms with Crippen LogP contribution in [0, 0.1) is 0 Å². The molecule has 0 heterocycles. The van der Waals surface area contributed by atoms with Crippen molar-refractivity contribution in [3.8, 4) is 0 Å². The third-order valence-corrected chi connectivity index (χ3v) is 8.30. The first kappa shape index (κ1) is 17.6. The maximum Gasteiger partial charge on any atom is 0.193 e. The van der Waals surface area contributed by atoms with Crippen LogP contribution < -0.4 is 0 Å². The molecule has 0 amide bonds. The highest BCUT2D eigenvalue weighted by Gasteiger charge is 2.31. The van der Waals surface area contributed by atoms with Gasteiger partial charge in [0.1, 0.15) is 0 Å². The first-order chi connectivity index (χ1) is 8.59. The molecule has 1 atom stereocenters. The molecule has 106 valence electrons. The summed E-state index contributed by atoms with van der Waals surface area (Å²) in [5.74, 6) is 0. The molecule has 1 N–H and O–H groups in total. The predicted octanol–water partition coefficient (Wildman–Crippen LogP) is 4.28. The van der Waals surface area contributed by atoms with Crippen molar-refractivity contribution < 1.29 is 9.53 Å². The maximum atomic E-state index is 9.28. The number of unbranched alkanes of at least 4 members (excludes halogenated alkanes) is 1. The Morgan fingerprint density at radius 1 is 1.22 bits per heavy atom. The Bertz CT molecular complexity index is 249. The van der Waals surface area contributed by atoms with Gasteiger partial charge in [-0.25, -0.2) is 0 Å². The molecule has 0 aromatic carbocycles. The van der Waals surface area contributed by atoms with Crippen LogP contribution in [0.15, 0.2) is 24.3 Å². The van der Waals surface area contributed by atoms with Gasteiger partial charge in [-0.15, -0.1) is 0 Å². The van der Waals surface area contributed by atoms with E-state index in [1.807, 2.05) is 0 Å². The van der Waals surface area contributed by atoms with E-state index >= 15 is 0 Å². The number of hydrogen-bond donors (Lipinski definition) is 1. The van der Waals surface area contributed by atoms with Crippen molar-refractivity contribution >= 4 is 8.32 Å². The molecule has 18 heavy (non-hydrogen) atoms. The van der Waals surface area contributed by atoms with Crippen LogP contribution in [0.1, 0.15) is 40.5 Å². The lowest BCUT2D eigenvalue weighted by Crippen LogP contribution is -2.40. The van der Waals surface area contributed by atoms with Gasteiger partial charge in [-0.1, -0.05) is 52.8 Å². The number of aliphatic hydroxyl groups is 1. The molecule has 0 aliphatic carbocycles. The summed E-state index contributed by atoms with van der Waals surface area (Å²) in [6.07, 6.45) is 6.30. The first-order valence-corrected chi connectivity index (χ1v) is 9.75. The van der Waals surface area contributed by atoms with E-state index in [1.54, 1.807) is 0 Å². The molecule has 0 radical (unpaired) electrons. The van der Waals surface area contributed by atoms with E-state index in [2.05, 4.69) is 46.4 Å². The molecule has 0 aliphatic heterocycles. The summed E-state index contributed by atoms with van der Waals surface area (Å²) >= 11 is 0.